The van der Waals surface area contributed by atoms with Crippen LogP contribution in [0.1, 0.15) is 29.7 Å². The normalized spacial score (nSPS) is 18.7. The summed E-state index contributed by atoms with van der Waals surface area (Å²) in [6.45, 7) is 5.61. The average molecular weight is 252 g/mol. The number of rotatable bonds is 1. The third kappa shape index (κ3) is 1.59. The summed E-state index contributed by atoms with van der Waals surface area (Å²) in [5, 5.41) is 4.89. The molecule has 0 spiro atoms. The number of para-hydroxylation sites is 1. The summed E-state index contributed by atoms with van der Waals surface area (Å²) in [5.74, 6) is 0. The maximum absolute atomic E-state index is 3.41. The molecule has 2 aromatic rings. The molecular formula is C17H20N2. The highest BCUT2D eigenvalue weighted by Crippen LogP contribution is 2.37. The summed E-state index contributed by atoms with van der Waals surface area (Å²) in [5.41, 5.74) is 7.56. The van der Waals surface area contributed by atoms with E-state index in [-0.39, 0.29) is 0 Å². The van der Waals surface area contributed by atoms with Crippen molar-refractivity contribution in [2.45, 2.75) is 32.7 Å². The fourth-order valence-corrected chi connectivity index (χ4v) is 3.77. The predicted octanol–water partition coefficient (Wildman–Crippen LogP) is 3.27. The van der Waals surface area contributed by atoms with E-state index in [1.807, 2.05) is 0 Å². The highest BCUT2D eigenvalue weighted by molar-refractivity contribution is 5.97. The molecule has 98 valence electrons. The number of hydrogen-bond acceptors (Lipinski definition) is 1. The molecule has 0 unspecified atom stereocenters. The number of nitrogens with one attached hydrogen (secondary N) is 1. The van der Waals surface area contributed by atoms with Crippen molar-refractivity contribution in [1.82, 2.24) is 9.88 Å². The van der Waals surface area contributed by atoms with Gasteiger partial charge in [-0.2, -0.15) is 0 Å². The van der Waals surface area contributed by atoms with Crippen molar-refractivity contribution in [3.8, 4) is 0 Å². The van der Waals surface area contributed by atoms with Crippen molar-refractivity contribution in [2.75, 3.05) is 13.1 Å². The van der Waals surface area contributed by atoms with Gasteiger partial charge in [-0.3, -0.25) is 0 Å². The molecule has 0 fully saturated rings. The summed E-state index contributed by atoms with van der Waals surface area (Å²) in [6, 6.07) is 6.85. The van der Waals surface area contributed by atoms with Gasteiger partial charge in [0.05, 0.1) is 5.52 Å². The van der Waals surface area contributed by atoms with Crippen molar-refractivity contribution in [2.24, 2.45) is 0 Å². The molecule has 2 aliphatic heterocycles. The Morgan fingerprint density at radius 3 is 3.00 bits per heavy atom. The van der Waals surface area contributed by atoms with Gasteiger partial charge in [0.1, 0.15) is 0 Å². The molecule has 2 aliphatic rings. The van der Waals surface area contributed by atoms with E-state index in [9.17, 15) is 0 Å². The van der Waals surface area contributed by atoms with E-state index in [0.717, 1.165) is 19.5 Å². The minimum absolute atomic E-state index is 1.02. The Morgan fingerprint density at radius 2 is 2.16 bits per heavy atom. The Labute approximate surface area is 114 Å². The summed E-state index contributed by atoms with van der Waals surface area (Å²) in [7, 11) is 0. The summed E-state index contributed by atoms with van der Waals surface area (Å²) in [6.07, 6.45) is 6.05. The molecule has 0 bridgehead atoms. The largest absolute Gasteiger partial charge is 0.344 e. The van der Waals surface area contributed by atoms with Crippen LogP contribution in [0.25, 0.3) is 16.5 Å². The SMILES string of the molecule is Cc1c(C2=CCNCC2)c2cccc3c2n1CCC3. The molecule has 2 nitrogen and oxygen atoms in total. The quantitative estimate of drug-likeness (QED) is 0.824. The van der Waals surface area contributed by atoms with Crippen LogP contribution in [0.4, 0.5) is 0 Å². The van der Waals surface area contributed by atoms with Crippen LogP contribution in [0.5, 0.6) is 0 Å². The molecule has 1 N–H and O–H groups in total. The Balaban J connectivity index is 2.04. The van der Waals surface area contributed by atoms with Crippen LogP contribution in [0.3, 0.4) is 0 Å². The molecule has 4 rings (SSSR count). The molecule has 0 atom stereocenters. The predicted molar refractivity (Wildman–Crippen MR) is 80.5 cm³/mol. The molecule has 3 heterocycles. The van der Waals surface area contributed by atoms with Crippen molar-refractivity contribution < 1.29 is 0 Å². The molecular weight excluding hydrogens is 232 g/mol. The lowest BCUT2D eigenvalue weighted by molar-refractivity contribution is 0.622. The lowest BCUT2D eigenvalue weighted by Gasteiger charge is -2.17. The lowest BCUT2D eigenvalue weighted by atomic mass is 9.96. The second-order valence-electron chi connectivity index (χ2n) is 5.71. The van der Waals surface area contributed by atoms with E-state index in [4.69, 9.17) is 0 Å². The molecule has 0 saturated carbocycles. The number of aryl methyl sites for hydroxylation is 2. The van der Waals surface area contributed by atoms with Gasteiger partial charge in [-0.1, -0.05) is 24.3 Å². The van der Waals surface area contributed by atoms with Gasteiger partial charge in [0.25, 0.3) is 0 Å². The van der Waals surface area contributed by atoms with Crippen molar-refractivity contribution >= 4 is 16.5 Å². The maximum atomic E-state index is 3.41. The van der Waals surface area contributed by atoms with E-state index >= 15 is 0 Å². The fraction of sp³-hybridized carbons (Fsp3) is 0.412. The summed E-state index contributed by atoms with van der Waals surface area (Å²) >= 11 is 0. The number of benzene rings is 1. The first kappa shape index (κ1) is 11.3. The first-order valence-corrected chi connectivity index (χ1v) is 7.37. The maximum Gasteiger partial charge on any atom is 0.0521 e. The third-order valence-electron chi connectivity index (χ3n) is 4.64. The molecule has 0 amide bonds. The second-order valence-corrected chi connectivity index (χ2v) is 5.71. The molecule has 0 radical (unpaired) electrons. The molecule has 0 saturated heterocycles. The van der Waals surface area contributed by atoms with Crippen molar-refractivity contribution in [3.63, 3.8) is 0 Å². The Hall–Kier alpha value is -1.54. The van der Waals surface area contributed by atoms with Crippen LogP contribution in [-0.2, 0) is 13.0 Å². The van der Waals surface area contributed by atoms with Gasteiger partial charge < -0.3 is 9.88 Å². The molecule has 1 aromatic carbocycles. The second kappa shape index (κ2) is 4.24. The molecule has 2 heteroatoms. The van der Waals surface area contributed by atoms with Gasteiger partial charge in [-0.15, -0.1) is 0 Å². The highest BCUT2D eigenvalue weighted by Gasteiger charge is 2.21. The Morgan fingerprint density at radius 1 is 1.21 bits per heavy atom. The monoisotopic (exact) mass is 252 g/mol. The first-order valence-electron chi connectivity index (χ1n) is 7.37. The van der Waals surface area contributed by atoms with Crippen LogP contribution in [0, 0.1) is 6.92 Å². The van der Waals surface area contributed by atoms with E-state index in [0.29, 0.717) is 0 Å². The zero-order valence-corrected chi connectivity index (χ0v) is 11.5. The molecule has 0 aliphatic carbocycles. The molecule has 19 heavy (non-hydrogen) atoms. The minimum atomic E-state index is 1.02. The van der Waals surface area contributed by atoms with Gasteiger partial charge in [0.2, 0.25) is 0 Å². The zero-order valence-electron chi connectivity index (χ0n) is 11.5. The van der Waals surface area contributed by atoms with E-state index < -0.39 is 0 Å². The van der Waals surface area contributed by atoms with Gasteiger partial charge in [0, 0.05) is 29.7 Å². The average Bonchev–Trinajstić information content (AvgIpc) is 2.76. The lowest BCUT2D eigenvalue weighted by Crippen LogP contribution is -2.20. The van der Waals surface area contributed by atoms with Gasteiger partial charge in [-0.05, 0) is 43.9 Å². The number of nitrogens with zero attached hydrogens (tertiary/aromatic N) is 1. The first-order chi connectivity index (χ1) is 9.36. The van der Waals surface area contributed by atoms with E-state index in [1.165, 1.54) is 47.1 Å². The highest BCUT2D eigenvalue weighted by atomic mass is 15.0. The smallest absolute Gasteiger partial charge is 0.0521 e. The molecule has 1 aromatic heterocycles. The Kier molecular flexibility index (Phi) is 2.52. The van der Waals surface area contributed by atoms with Crippen LogP contribution in [-0.4, -0.2) is 17.7 Å². The van der Waals surface area contributed by atoms with Gasteiger partial charge >= 0.3 is 0 Å². The topological polar surface area (TPSA) is 17.0 Å². The van der Waals surface area contributed by atoms with Crippen LogP contribution >= 0.6 is 0 Å². The minimum Gasteiger partial charge on any atom is -0.344 e. The standard InChI is InChI=1S/C17H20N2/c1-12-16(13-7-9-18-10-8-13)15-6-2-4-14-5-3-11-19(12)17(14)15/h2,4,6-7,18H,3,5,8-11H2,1H3. The third-order valence-corrected chi connectivity index (χ3v) is 4.64. The van der Waals surface area contributed by atoms with Crippen LogP contribution < -0.4 is 5.32 Å². The fourth-order valence-electron chi connectivity index (χ4n) is 3.77. The van der Waals surface area contributed by atoms with Crippen molar-refractivity contribution in [1.29, 1.82) is 0 Å². The van der Waals surface area contributed by atoms with E-state index in [2.05, 4.69) is 41.1 Å². The van der Waals surface area contributed by atoms with Crippen LogP contribution in [0.2, 0.25) is 0 Å². The summed E-state index contributed by atoms with van der Waals surface area (Å²) in [4.78, 5) is 0. The summed E-state index contributed by atoms with van der Waals surface area (Å²) < 4.78 is 2.55. The number of hydrogen-bond donors (Lipinski definition) is 1. The van der Waals surface area contributed by atoms with Gasteiger partial charge in [0.15, 0.2) is 0 Å². The van der Waals surface area contributed by atoms with Gasteiger partial charge in [-0.25, -0.2) is 0 Å². The zero-order chi connectivity index (χ0) is 12.8. The van der Waals surface area contributed by atoms with Crippen molar-refractivity contribution in [3.05, 3.63) is 41.1 Å². The number of aromatic nitrogens is 1. The van der Waals surface area contributed by atoms with Crippen LogP contribution in [0.15, 0.2) is 24.3 Å². The Bertz CT molecular complexity index is 676. The van der Waals surface area contributed by atoms with E-state index in [1.54, 1.807) is 5.57 Å².